The quantitative estimate of drug-likeness (QED) is 0.833. The molecule has 2 aliphatic heterocycles. The van der Waals surface area contributed by atoms with Crippen molar-refractivity contribution in [2.24, 2.45) is 5.92 Å². The summed E-state index contributed by atoms with van der Waals surface area (Å²) in [5.74, 6) is 2.01. The molecule has 1 amide bonds. The van der Waals surface area contributed by atoms with E-state index in [4.69, 9.17) is 0 Å². The Morgan fingerprint density at radius 1 is 1.19 bits per heavy atom. The van der Waals surface area contributed by atoms with Crippen molar-refractivity contribution in [1.29, 1.82) is 0 Å². The van der Waals surface area contributed by atoms with E-state index in [2.05, 4.69) is 20.4 Å². The summed E-state index contributed by atoms with van der Waals surface area (Å²) >= 11 is 0. The highest BCUT2D eigenvalue weighted by molar-refractivity contribution is 5.86. The predicted octanol–water partition coefficient (Wildman–Crippen LogP) is 2.32. The van der Waals surface area contributed by atoms with Crippen molar-refractivity contribution >= 4 is 11.7 Å². The molecule has 0 bridgehead atoms. The van der Waals surface area contributed by atoms with E-state index in [9.17, 15) is 4.79 Å². The molecule has 0 aromatic carbocycles. The fraction of sp³-hybridized carbons (Fsp3) is 0.750. The summed E-state index contributed by atoms with van der Waals surface area (Å²) in [4.78, 5) is 14.9. The van der Waals surface area contributed by atoms with E-state index >= 15 is 0 Å². The van der Waals surface area contributed by atoms with E-state index < -0.39 is 0 Å². The molecule has 1 aromatic heterocycles. The molecular formula is C16H24N4O. The Morgan fingerprint density at radius 2 is 2.05 bits per heavy atom. The average molecular weight is 288 g/mol. The van der Waals surface area contributed by atoms with Crippen LogP contribution < -0.4 is 5.32 Å². The van der Waals surface area contributed by atoms with Crippen LogP contribution in [0, 0.1) is 5.92 Å². The van der Waals surface area contributed by atoms with Gasteiger partial charge < -0.3 is 10.2 Å². The number of aromatic nitrogens is 2. The van der Waals surface area contributed by atoms with Crippen molar-refractivity contribution in [3.8, 4) is 0 Å². The number of rotatable bonds is 1. The zero-order valence-corrected chi connectivity index (χ0v) is 12.5. The molecule has 2 fully saturated rings. The Kier molecular flexibility index (Phi) is 3.36. The fourth-order valence-electron chi connectivity index (χ4n) is 4.23. The normalized spacial score (nSPS) is 32.0. The van der Waals surface area contributed by atoms with Gasteiger partial charge in [0.25, 0.3) is 0 Å². The molecular weight excluding hydrogens is 264 g/mol. The minimum atomic E-state index is -0.0654. The molecule has 4 rings (SSSR count). The van der Waals surface area contributed by atoms with Crippen molar-refractivity contribution < 1.29 is 4.79 Å². The van der Waals surface area contributed by atoms with Gasteiger partial charge in [0.1, 0.15) is 11.9 Å². The zero-order chi connectivity index (χ0) is 14.2. The molecule has 5 heteroatoms. The van der Waals surface area contributed by atoms with Crippen LogP contribution in [0.4, 0.5) is 5.82 Å². The number of fused-ring (bicyclic) bond motifs is 2. The molecule has 114 valence electrons. The Hall–Kier alpha value is -1.52. The lowest BCUT2D eigenvalue weighted by Gasteiger charge is -2.50. The van der Waals surface area contributed by atoms with Crippen molar-refractivity contribution in [3.05, 3.63) is 11.8 Å². The number of hydrogen-bond donors (Lipinski definition) is 2. The van der Waals surface area contributed by atoms with Gasteiger partial charge in [-0.3, -0.25) is 9.89 Å². The summed E-state index contributed by atoms with van der Waals surface area (Å²) in [6.07, 6.45) is 11.6. The third kappa shape index (κ3) is 2.32. The first-order valence-electron chi connectivity index (χ1n) is 8.42. The summed E-state index contributed by atoms with van der Waals surface area (Å²) in [7, 11) is 0. The molecule has 0 spiro atoms. The van der Waals surface area contributed by atoms with E-state index in [1.807, 2.05) is 6.20 Å². The lowest BCUT2D eigenvalue weighted by atomic mass is 9.78. The number of amides is 1. The summed E-state index contributed by atoms with van der Waals surface area (Å²) in [5, 5.41) is 10.4. The number of H-pyrrole nitrogens is 1. The fourth-order valence-corrected chi connectivity index (χ4v) is 4.23. The van der Waals surface area contributed by atoms with Crippen molar-refractivity contribution in [3.63, 3.8) is 0 Å². The van der Waals surface area contributed by atoms with Crippen LogP contribution in [0.15, 0.2) is 6.20 Å². The molecule has 5 nitrogen and oxygen atoms in total. The molecule has 2 N–H and O–H groups in total. The number of nitrogens with one attached hydrogen (secondary N) is 2. The molecule has 3 heterocycles. The van der Waals surface area contributed by atoms with Gasteiger partial charge in [-0.25, -0.2) is 0 Å². The first-order valence-corrected chi connectivity index (χ1v) is 8.42. The smallest absolute Gasteiger partial charge is 0.245 e. The van der Waals surface area contributed by atoms with E-state index in [1.54, 1.807) is 0 Å². The van der Waals surface area contributed by atoms with Gasteiger partial charge in [-0.2, -0.15) is 5.10 Å². The lowest BCUT2D eigenvalue weighted by Crippen LogP contribution is -2.62. The second-order valence-electron chi connectivity index (χ2n) is 6.82. The minimum Gasteiger partial charge on any atom is -0.359 e. The molecule has 3 aliphatic rings. The minimum absolute atomic E-state index is 0.0654. The Labute approximate surface area is 125 Å². The zero-order valence-electron chi connectivity index (χ0n) is 12.5. The highest BCUT2D eigenvalue weighted by Gasteiger charge is 2.43. The van der Waals surface area contributed by atoms with E-state index in [1.165, 1.54) is 44.1 Å². The van der Waals surface area contributed by atoms with E-state index in [0.29, 0.717) is 11.9 Å². The van der Waals surface area contributed by atoms with Crippen LogP contribution in [-0.4, -0.2) is 39.6 Å². The second-order valence-corrected chi connectivity index (χ2v) is 6.82. The van der Waals surface area contributed by atoms with Crippen LogP contribution in [0.1, 0.15) is 50.5 Å². The number of aromatic amines is 1. The van der Waals surface area contributed by atoms with E-state index in [0.717, 1.165) is 31.1 Å². The number of aryl methyl sites for hydroxylation is 1. The van der Waals surface area contributed by atoms with Gasteiger partial charge in [-0.1, -0.05) is 25.7 Å². The van der Waals surface area contributed by atoms with Gasteiger partial charge in [0.05, 0.1) is 6.20 Å². The van der Waals surface area contributed by atoms with Crippen LogP contribution >= 0.6 is 0 Å². The number of carbonyl (C=O) groups excluding carboxylic acids is 1. The number of nitrogens with zero attached hydrogens (tertiary/aromatic N) is 2. The van der Waals surface area contributed by atoms with Crippen LogP contribution in [-0.2, 0) is 11.2 Å². The summed E-state index contributed by atoms with van der Waals surface area (Å²) in [6.45, 7) is 0.984. The summed E-state index contributed by atoms with van der Waals surface area (Å²) < 4.78 is 0. The topological polar surface area (TPSA) is 61.0 Å². The van der Waals surface area contributed by atoms with Crippen LogP contribution in [0.5, 0.6) is 0 Å². The largest absolute Gasteiger partial charge is 0.359 e. The number of hydrogen-bond acceptors (Lipinski definition) is 3. The molecule has 21 heavy (non-hydrogen) atoms. The Morgan fingerprint density at radius 3 is 2.95 bits per heavy atom. The maximum absolute atomic E-state index is 12.8. The average Bonchev–Trinajstić information content (AvgIpc) is 2.93. The Balaban J connectivity index is 1.42. The van der Waals surface area contributed by atoms with Crippen molar-refractivity contribution in [2.45, 2.75) is 63.5 Å². The standard InChI is InChI=1S/C16H24N4O/c21-16(13-8-7-11-9-17-19-15(11)18-13)20-10-12-5-3-1-2-4-6-14(12)20/h9,12-14H,1-8,10H2,(H2,17,18,19). The van der Waals surface area contributed by atoms with E-state index in [-0.39, 0.29) is 6.04 Å². The first kappa shape index (κ1) is 13.2. The summed E-state index contributed by atoms with van der Waals surface area (Å²) in [6, 6.07) is 0.451. The highest BCUT2D eigenvalue weighted by Crippen LogP contribution is 2.36. The maximum Gasteiger partial charge on any atom is 0.245 e. The Bertz CT molecular complexity index is 526. The molecule has 3 unspecified atom stereocenters. The third-order valence-electron chi connectivity index (χ3n) is 5.52. The highest BCUT2D eigenvalue weighted by atomic mass is 16.2. The molecule has 1 saturated carbocycles. The maximum atomic E-state index is 12.8. The molecule has 3 atom stereocenters. The lowest BCUT2D eigenvalue weighted by molar-refractivity contribution is -0.146. The first-order chi connectivity index (χ1) is 10.3. The van der Waals surface area contributed by atoms with Gasteiger partial charge in [0.2, 0.25) is 5.91 Å². The van der Waals surface area contributed by atoms with Gasteiger partial charge in [-0.15, -0.1) is 0 Å². The molecule has 1 aromatic rings. The monoisotopic (exact) mass is 288 g/mol. The van der Waals surface area contributed by atoms with Crippen molar-refractivity contribution in [2.75, 3.05) is 11.9 Å². The molecule has 1 saturated heterocycles. The second kappa shape index (κ2) is 5.35. The van der Waals surface area contributed by atoms with Crippen LogP contribution in [0.25, 0.3) is 0 Å². The predicted molar refractivity (Wildman–Crippen MR) is 81.0 cm³/mol. The number of carbonyl (C=O) groups is 1. The van der Waals surface area contributed by atoms with Gasteiger partial charge >= 0.3 is 0 Å². The van der Waals surface area contributed by atoms with Crippen LogP contribution in [0.3, 0.4) is 0 Å². The van der Waals surface area contributed by atoms with Gasteiger partial charge in [0.15, 0.2) is 0 Å². The number of anilines is 1. The SMILES string of the molecule is O=C(C1CCc2cn[nH]c2N1)N1CC2CCCCCCC21. The third-order valence-corrected chi connectivity index (χ3v) is 5.52. The summed E-state index contributed by atoms with van der Waals surface area (Å²) in [5.41, 5.74) is 1.20. The molecule has 1 aliphatic carbocycles. The van der Waals surface area contributed by atoms with Crippen LogP contribution in [0.2, 0.25) is 0 Å². The van der Waals surface area contributed by atoms with Crippen molar-refractivity contribution in [1.82, 2.24) is 15.1 Å². The number of likely N-dealkylation sites (tertiary alicyclic amines) is 1. The van der Waals surface area contributed by atoms with Gasteiger partial charge in [0, 0.05) is 18.2 Å². The molecule has 0 radical (unpaired) electrons. The van der Waals surface area contributed by atoms with Gasteiger partial charge in [-0.05, 0) is 31.6 Å².